The summed E-state index contributed by atoms with van der Waals surface area (Å²) in [5.74, 6) is -0.131. The van der Waals surface area contributed by atoms with Crippen molar-refractivity contribution in [2.24, 2.45) is 5.92 Å². The summed E-state index contributed by atoms with van der Waals surface area (Å²) in [7, 11) is 0. The van der Waals surface area contributed by atoms with Crippen molar-refractivity contribution in [3.05, 3.63) is 12.3 Å². The molecule has 0 aliphatic heterocycles. The van der Waals surface area contributed by atoms with Gasteiger partial charge in [0.1, 0.15) is 0 Å². The third-order valence-corrected chi connectivity index (χ3v) is 1.43. The molecule has 0 aromatic carbocycles. The molecular formula is C8H15NO2. The predicted molar refractivity (Wildman–Crippen MR) is 44.2 cm³/mol. The number of amides is 1. The summed E-state index contributed by atoms with van der Waals surface area (Å²) in [5, 5.41) is 11.5. The van der Waals surface area contributed by atoms with Crippen molar-refractivity contribution in [2.45, 2.75) is 20.3 Å². The van der Waals surface area contributed by atoms with Crippen LogP contribution in [-0.2, 0) is 4.79 Å². The molecule has 0 aromatic rings. The molecule has 0 aliphatic carbocycles. The van der Waals surface area contributed by atoms with Gasteiger partial charge in [-0.1, -0.05) is 13.5 Å². The number of rotatable bonds is 4. The van der Waals surface area contributed by atoms with Gasteiger partial charge in [-0.25, -0.2) is 0 Å². The first-order chi connectivity index (χ1) is 5.07. The zero-order chi connectivity index (χ0) is 8.85. The lowest BCUT2D eigenvalue weighted by Crippen LogP contribution is -2.24. The van der Waals surface area contributed by atoms with E-state index in [-0.39, 0.29) is 17.6 Å². The molecule has 1 atom stereocenters. The van der Waals surface area contributed by atoms with Gasteiger partial charge in [0, 0.05) is 18.9 Å². The van der Waals surface area contributed by atoms with Crippen LogP contribution in [-0.4, -0.2) is 17.6 Å². The van der Waals surface area contributed by atoms with E-state index in [1.54, 1.807) is 6.92 Å². The Morgan fingerprint density at radius 3 is 2.64 bits per heavy atom. The highest BCUT2D eigenvalue weighted by molar-refractivity contribution is 5.76. The van der Waals surface area contributed by atoms with Crippen LogP contribution in [0.1, 0.15) is 20.3 Å². The molecule has 1 unspecified atom stereocenters. The Morgan fingerprint density at radius 1 is 1.73 bits per heavy atom. The molecule has 64 valence electrons. The first-order valence-electron chi connectivity index (χ1n) is 3.72. The molecule has 0 saturated heterocycles. The standard InChI is InChI=1S/C8H15NO2/c1-4-9-8(11)5-6(2)7(3)10/h6,10H,3-5H2,1-2H3,(H,9,11). The Kier molecular flexibility index (Phi) is 4.34. The summed E-state index contributed by atoms with van der Waals surface area (Å²) in [4.78, 5) is 10.9. The van der Waals surface area contributed by atoms with Crippen molar-refractivity contribution >= 4 is 5.91 Å². The molecule has 0 heterocycles. The summed E-state index contributed by atoms with van der Waals surface area (Å²) in [6.07, 6.45) is 0.309. The van der Waals surface area contributed by atoms with E-state index in [2.05, 4.69) is 11.9 Å². The molecule has 2 N–H and O–H groups in total. The van der Waals surface area contributed by atoms with Gasteiger partial charge >= 0.3 is 0 Å². The molecular weight excluding hydrogens is 142 g/mol. The highest BCUT2D eigenvalue weighted by Gasteiger charge is 2.09. The number of allylic oxidation sites excluding steroid dienone is 1. The van der Waals surface area contributed by atoms with Crippen molar-refractivity contribution in [1.82, 2.24) is 5.32 Å². The van der Waals surface area contributed by atoms with Crippen LogP contribution in [0.25, 0.3) is 0 Å². The van der Waals surface area contributed by atoms with Crippen LogP contribution in [0, 0.1) is 5.92 Å². The van der Waals surface area contributed by atoms with Gasteiger partial charge < -0.3 is 10.4 Å². The number of aliphatic hydroxyl groups excluding tert-OH is 1. The largest absolute Gasteiger partial charge is 0.513 e. The van der Waals surface area contributed by atoms with Crippen molar-refractivity contribution in [3.63, 3.8) is 0 Å². The van der Waals surface area contributed by atoms with Crippen LogP contribution in [0.5, 0.6) is 0 Å². The minimum atomic E-state index is -0.151. The second-order valence-electron chi connectivity index (χ2n) is 2.55. The van der Waals surface area contributed by atoms with E-state index in [0.717, 1.165) is 0 Å². The van der Waals surface area contributed by atoms with Crippen molar-refractivity contribution in [2.75, 3.05) is 6.54 Å². The third kappa shape index (κ3) is 4.42. The van der Waals surface area contributed by atoms with E-state index in [1.807, 2.05) is 6.92 Å². The average molecular weight is 157 g/mol. The van der Waals surface area contributed by atoms with E-state index >= 15 is 0 Å². The summed E-state index contributed by atoms with van der Waals surface area (Å²) < 4.78 is 0. The smallest absolute Gasteiger partial charge is 0.220 e. The van der Waals surface area contributed by atoms with E-state index in [4.69, 9.17) is 5.11 Å². The van der Waals surface area contributed by atoms with Crippen molar-refractivity contribution < 1.29 is 9.90 Å². The normalized spacial score (nSPS) is 12.2. The van der Waals surface area contributed by atoms with Crippen molar-refractivity contribution in [3.8, 4) is 0 Å². The van der Waals surface area contributed by atoms with Crippen LogP contribution in [0.2, 0.25) is 0 Å². The zero-order valence-electron chi connectivity index (χ0n) is 7.05. The predicted octanol–water partition coefficient (Wildman–Crippen LogP) is 1.22. The maximum absolute atomic E-state index is 10.9. The quantitative estimate of drug-likeness (QED) is 0.603. The monoisotopic (exact) mass is 157 g/mol. The zero-order valence-corrected chi connectivity index (χ0v) is 7.05. The second-order valence-corrected chi connectivity index (χ2v) is 2.55. The molecule has 1 amide bonds. The Hall–Kier alpha value is -0.990. The van der Waals surface area contributed by atoms with E-state index in [9.17, 15) is 4.79 Å². The van der Waals surface area contributed by atoms with E-state index in [1.165, 1.54) is 0 Å². The van der Waals surface area contributed by atoms with E-state index in [0.29, 0.717) is 13.0 Å². The van der Waals surface area contributed by atoms with Gasteiger partial charge in [0.15, 0.2) is 0 Å². The molecule has 0 saturated carbocycles. The molecule has 0 aliphatic rings. The fourth-order valence-electron chi connectivity index (χ4n) is 0.665. The number of carbonyl (C=O) groups excluding carboxylic acids is 1. The number of carbonyl (C=O) groups is 1. The van der Waals surface area contributed by atoms with Crippen LogP contribution in [0.15, 0.2) is 12.3 Å². The summed E-state index contributed by atoms with van der Waals surface area (Å²) in [6, 6.07) is 0. The van der Waals surface area contributed by atoms with Gasteiger partial charge in [0.05, 0.1) is 5.76 Å². The third-order valence-electron chi connectivity index (χ3n) is 1.43. The molecule has 3 heteroatoms. The lowest BCUT2D eigenvalue weighted by molar-refractivity contribution is -0.121. The number of aliphatic hydroxyl groups is 1. The Labute approximate surface area is 67.1 Å². The lowest BCUT2D eigenvalue weighted by Gasteiger charge is -2.08. The molecule has 0 spiro atoms. The van der Waals surface area contributed by atoms with Gasteiger partial charge in [-0.15, -0.1) is 0 Å². The SMILES string of the molecule is C=C(O)C(C)CC(=O)NCC. The summed E-state index contributed by atoms with van der Waals surface area (Å²) in [6.45, 7) is 7.59. The fraction of sp³-hybridized carbons (Fsp3) is 0.625. The molecule has 0 radical (unpaired) electrons. The van der Waals surface area contributed by atoms with Crippen molar-refractivity contribution in [1.29, 1.82) is 0 Å². The number of hydrogen-bond acceptors (Lipinski definition) is 2. The van der Waals surface area contributed by atoms with Gasteiger partial charge in [-0.05, 0) is 6.92 Å². The van der Waals surface area contributed by atoms with Crippen LogP contribution in [0.3, 0.4) is 0 Å². The maximum Gasteiger partial charge on any atom is 0.220 e. The van der Waals surface area contributed by atoms with Gasteiger partial charge in [0.2, 0.25) is 5.91 Å². The van der Waals surface area contributed by atoms with Crippen LogP contribution in [0.4, 0.5) is 0 Å². The second kappa shape index (κ2) is 4.77. The first-order valence-corrected chi connectivity index (χ1v) is 3.72. The highest BCUT2D eigenvalue weighted by Crippen LogP contribution is 2.08. The number of hydrogen-bond donors (Lipinski definition) is 2. The molecule has 11 heavy (non-hydrogen) atoms. The Morgan fingerprint density at radius 2 is 2.27 bits per heavy atom. The number of nitrogens with one attached hydrogen (secondary N) is 1. The highest BCUT2D eigenvalue weighted by atomic mass is 16.3. The molecule has 0 bridgehead atoms. The minimum absolute atomic E-state index is 0.0461. The van der Waals surface area contributed by atoms with Crippen LogP contribution < -0.4 is 5.32 Å². The molecule has 3 nitrogen and oxygen atoms in total. The molecule has 0 aromatic heterocycles. The van der Waals surface area contributed by atoms with Gasteiger partial charge in [-0.2, -0.15) is 0 Å². The molecule has 0 rings (SSSR count). The first kappa shape index (κ1) is 10.0. The average Bonchev–Trinajstić information content (AvgIpc) is 1.87. The Balaban J connectivity index is 3.66. The Bertz CT molecular complexity index is 154. The maximum atomic E-state index is 10.9. The fourth-order valence-corrected chi connectivity index (χ4v) is 0.665. The lowest BCUT2D eigenvalue weighted by atomic mass is 10.1. The van der Waals surface area contributed by atoms with E-state index < -0.39 is 0 Å². The summed E-state index contributed by atoms with van der Waals surface area (Å²) in [5.41, 5.74) is 0. The van der Waals surface area contributed by atoms with Crippen LogP contribution >= 0.6 is 0 Å². The van der Waals surface area contributed by atoms with Gasteiger partial charge in [0.25, 0.3) is 0 Å². The van der Waals surface area contributed by atoms with Gasteiger partial charge in [-0.3, -0.25) is 4.79 Å². The minimum Gasteiger partial charge on any atom is -0.513 e. The molecule has 0 fully saturated rings. The summed E-state index contributed by atoms with van der Waals surface area (Å²) >= 11 is 0. The topological polar surface area (TPSA) is 49.3 Å².